The van der Waals surface area contributed by atoms with Crippen molar-refractivity contribution in [2.45, 2.75) is 0 Å². The molecule has 0 heterocycles. The van der Waals surface area contributed by atoms with Gasteiger partial charge in [0.05, 0.1) is 0 Å². The summed E-state index contributed by atoms with van der Waals surface area (Å²) in [6.07, 6.45) is 0. The molecule has 6 heavy (non-hydrogen) atoms. The van der Waals surface area contributed by atoms with Gasteiger partial charge in [0.25, 0.3) is 0 Å². The second kappa shape index (κ2) is 59.8. The number of hydrogen-bond donors (Lipinski definition) is 0. The first-order valence-corrected chi connectivity index (χ1v) is 0. The van der Waals surface area contributed by atoms with E-state index < -0.39 is 0 Å². The van der Waals surface area contributed by atoms with Gasteiger partial charge < -0.3 is 29.7 Å². The Kier molecular flexibility index (Phi) is 921. The molecule has 37 valence electrons. The third-order valence-electron chi connectivity index (χ3n) is 0. The van der Waals surface area contributed by atoms with E-state index in [2.05, 4.69) is 0 Å². The molecule has 0 aromatic rings. The van der Waals surface area contributed by atoms with E-state index in [1.807, 2.05) is 0 Å². The number of rotatable bonds is 0. The Balaban J connectivity index is 0. The van der Waals surface area contributed by atoms with Crippen LogP contribution in [0.25, 0.3) is 0 Å². The summed E-state index contributed by atoms with van der Waals surface area (Å²) in [6.45, 7) is 0. The maximum atomic E-state index is 0. The fourth-order valence-electron chi connectivity index (χ4n) is 0. The SMILES string of the molecule is [CH3-].[CH3-].[CH3-].[CH3-].[U+3].[U]. The maximum Gasteiger partial charge on any atom is 3.00 e. The molecular formula is C4H12U2-. The molecule has 0 saturated carbocycles. The summed E-state index contributed by atoms with van der Waals surface area (Å²) in [5, 5.41) is 0. The van der Waals surface area contributed by atoms with Gasteiger partial charge in [-0.25, -0.2) is 0 Å². The van der Waals surface area contributed by atoms with Gasteiger partial charge in [-0.3, -0.25) is 0 Å². The summed E-state index contributed by atoms with van der Waals surface area (Å²) in [7, 11) is 0. The van der Waals surface area contributed by atoms with Crippen molar-refractivity contribution in [1.29, 1.82) is 0 Å². The van der Waals surface area contributed by atoms with Crippen LogP contribution in [-0.2, 0) is 0 Å². The molecule has 0 unspecified atom stereocenters. The average molecular weight is 536 g/mol. The van der Waals surface area contributed by atoms with Gasteiger partial charge in [-0.05, 0) is 0 Å². The van der Waals surface area contributed by atoms with Crippen LogP contribution >= 0.6 is 0 Å². The van der Waals surface area contributed by atoms with Crippen LogP contribution in [0.3, 0.4) is 0 Å². The normalized spacial score (nSPS) is 0. The van der Waals surface area contributed by atoms with Gasteiger partial charge in [-0.2, -0.15) is 0 Å². The van der Waals surface area contributed by atoms with Crippen LogP contribution < -0.4 is 0 Å². The molecule has 0 aliphatic rings. The molecule has 0 nitrogen and oxygen atoms in total. The van der Waals surface area contributed by atoms with Crippen molar-refractivity contribution in [3.63, 3.8) is 0 Å². The Morgan fingerprint density at radius 3 is 0.500 bits per heavy atom. The van der Waals surface area contributed by atoms with Gasteiger partial charge in [0, 0.05) is 31.1 Å². The van der Waals surface area contributed by atoms with Gasteiger partial charge >= 0.3 is 31.1 Å². The zero-order chi connectivity index (χ0) is 0. The summed E-state index contributed by atoms with van der Waals surface area (Å²) in [4.78, 5) is 0. The van der Waals surface area contributed by atoms with Crippen molar-refractivity contribution < 1.29 is 62.2 Å². The van der Waals surface area contributed by atoms with Crippen LogP contribution in [0.5, 0.6) is 0 Å². The molecule has 0 rings (SSSR count). The maximum absolute atomic E-state index is 0. The Morgan fingerprint density at radius 1 is 0.500 bits per heavy atom. The van der Waals surface area contributed by atoms with E-state index in [4.69, 9.17) is 0 Å². The minimum atomic E-state index is 0. The molecule has 1 radical (unpaired) electrons. The molecule has 0 spiro atoms. The smallest absolute Gasteiger partial charge is 0.358 e. The molecule has 0 aromatic heterocycles. The first-order chi connectivity index (χ1) is 0. The average Bonchev–Trinajstić information content (AvgIpc) is 0. The monoisotopic (exact) mass is 536 g/mol. The zero-order valence-corrected chi connectivity index (χ0v) is 13.3. The van der Waals surface area contributed by atoms with E-state index in [0.717, 1.165) is 0 Å². The van der Waals surface area contributed by atoms with E-state index in [-0.39, 0.29) is 91.9 Å². The standard InChI is InChI=1S/4CH3.2U/h4*1H3;;/q4*-1;;+3. The zero-order valence-electron chi connectivity index (χ0n) is 5.00. The summed E-state index contributed by atoms with van der Waals surface area (Å²) >= 11 is 0. The summed E-state index contributed by atoms with van der Waals surface area (Å²) < 4.78 is 0. The van der Waals surface area contributed by atoms with E-state index in [0.29, 0.717) is 0 Å². The van der Waals surface area contributed by atoms with E-state index >= 15 is 0 Å². The van der Waals surface area contributed by atoms with Crippen LogP contribution in [0, 0.1) is 91.9 Å². The molecule has 0 bridgehead atoms. The van der Waals surface area contributed by atoms with Crippen LogP contribution in [-0.4, -0.2) is 0 Å². The third-order valence-corrected chi connectivity index (χ3v) is 0. The summed E-state index contributed by atoms with van der Waals surface area (Å²) in [5.41, 5.74) is 0. The van der Waals surface area contributed by atoms with Crippen molar-refractivity contribution in [2.75, 3.05) is 0 Å². The van der Waals surface area contributed by atoms with Crippen molar-refractivity contribution in [2.24, 2.45) is 0 Å². The van der Waals surface area contributed by atoms with Crippen LogP contribution in [0.4, 0.5) is 0 Å². The van der Waals surface area contributed by atoms with Gasteiger partial charge in [-0.1, -0.05) is 0 Å². The molecule has 0 atom stereocenters. The minimum absolute atomic E-state index is 0. The van der Waals surface area contributed by atoms with Crippen LogP contribution in [0.15, 0.2) is 0 Å². The van der Waals surface area contributed by atoms with E-state index in [9.17, 15) is 0 Å². The first-order valence-electron chi connectivity index (χ1n) is 0. The molecule has 2 heteroatoms. The summed E-state index contributed by atoms with van der Waals surface area (Å²) in [5.74, 6) is 0. The molecule has 0 fully saturated rings. The van der Waals surface area contributed by atoms with E-state index in [1.165, 1.54) is 0 Å². The van der Waals surface area contributed by atoms with Gasteiger partial charge in [0.15, 0.2) is 0 Å². The molecule has 0 aromatic carbocycles. The van der Waals surface area contributed by atoms with Crippen molar-refractivity contribution >= 4 is 0 Å². The van der Waals surface area contributed by atoms with Crippen LogP contribution in [0.1, 0.15) is 0 Å². The van der Waals surface area contributed by atoms with Gasteiger partial charge in [0.1, 0.15) is 0 Å². The molecule has 0 N–H and O–H groups in total. The largest absolute Gasteiger partial charge is 3.00 e. The quantitative estimate of drug-likeness (QED) is 0.415. The fourth-order valence-corrected chi connectivity index (χ4v) is 0. The predicted molar refractivity (Wildman–Crippen MR) is 25.7 cm³/mol. The molecule has 0 saturated heterocycles. The van der Waals surface area contributed by atoms with Crippen molar-refractivity contribution in [1.82, 2.24) is 0 Å². The molecule has 0 amide bonds. The van der Waals surface area contributed by atoms with E-state index in [1.54, 1.807) is 0 Å². The summed E-state index contributed by atoms with van der Waals surface area (Å²) in [6, 6.07) is 0. The second-order valence-electron chi connectivity index (χ2n) is 0. The molecule has 0 aliphatic carbocycles. The molecular weight excluding hydrogens is 524 g/mol. The van der Waals surface area contributed by atoms with Crippen molar-refractivity contribution in [3.8, 4) is 0 Å². The third kappa shape index (κ3) is 35.9. The Labute approximate surface area is 90.6 Å². The minimum Gasteiger partial charge on any atom is -0.358 e. The van der Waals surface area contributed by atoms with Crippen LogP contribution in [0.2, 0.25) is 0 Å². The predicted octanol–water partition coefficient (Wildman–Crippen LogP) is 1.80. The Hall–Kier alpha value is 2.10. The Bertz CT molecular complexity index is 5.51. The Morgan fingerprint density at radius 2 is 0.500 bits per heavy atom. The fraction of sp³-hybridized carbons (Fsp3) is 0. The van der Waals surface area contributed by atoms with Gasteiger partial charge in [0.2, 0.25) is 0 Å². The van der Waals surface area contributed by atoms with Crippen molar-refractivity contribution in [3.05, 3.63) is 29.7 Å². The number of hydrogen-bond acceptors (Lipinski definition) is 0. The second-order valence-corrected chi connectivity index (χ2v) is 0. The topological polar surface area (TPSA) is 0 Å². The molecule has 0 aliphatic heterocycles. The van der Waals surface area contributed by atoms with Gasteiger partial charge in [-0.15, -0.1) is 0 Å². The first kappa shape index (κ1) is 92.4.